The molecule has 0 unspecified atom stereocenters. The zero-order valence-electron chi connectivity index (χ0n) is 8.66. The first-order valence-corrected chi connectivity index (χ1v) is 5.10. The third-order valence-electron chi connectivity index (χ3n) is 2.27. The number of carbonyl (C=O) groups excluding carboxylic acids is 1. The van der Waals surface area contributed by atoms with Crippen molar-refractivity contribution >= 4 is 16.8 Å². The molecule has 0 aliphatic heterocycles. The highest BCUT2D eigenvalue weighted by atomic mass is 35.5. The van der Waals surface area contributed by atoms with E-state index in [0.717, 1.165) is 12.3 Å². The van der Waals surface area contributed by atoms with Crippen molar-refractivity contribution < 1.29 is 22.5 Å². The predicted octanol–water partition coefficient (Wildman–Crippen LogP) is 3.74. The molecule has 0 aliphatic rings. The minimum absolute atomic E-state index is 0.201. The maximum Gasteiger partial charge on any atom is 0.417 e. The van der Waals surface area contributed by atoms with Crippen LogP contribution >= 0.6 is 11.6 Å². The second-order valence-corrected chi connectivity index (χ2v) is 3.74. The summed E-state index contributed by atoms with van der Waals surface area (Å²) in [5.74, 6) is 0. The highest BCUT2D eigenvalue weighted by Crippen LogP contribution is 2.37. The van der Waals surface area contributed by atoms with Gasteiger partial charge in [0.2, 0.25) is 0 Å². The SMILES string of the molecule is O=C(Cl)c1conc1-c1ccccc1C(F)(F)F. The Bertz CT molecular complexity index is 592. The first kappa shape index (κ1) is 12.6. The lowest BCUT2D eigenvalue weighted by atomic mass is 10.0. The van der Waals surface area contributed by atoms with Gasteiger partial charge in [0.15, 0.2) is 0 Å². The van der Waals surface area contributed by atoms with E-state index >= 15 is 0 Å². The fourth-order valence-electron chi connectivity index (χ4n) is 1.51. The van der Waals surface area contributed by atoms with Crippen molar-refractivity contribution in [3.05, 3.63) is 41.7 Å². The smallest absolute Gasteiger partial charge is 0.363 e. The molecular formula is C11H5ClF3NO2. The minimum atomic E-state index is -4.55. The van der Waals surface area contributed by atoms with Crippen LogP contribution in [0, 0.1) is 0 Å². The maximum absolute atomic E-state index is 12.8. The molecule has 0 saturated carbocycles. The molecule has 7 heteroatoms. The van der Waals surface area contributed by atoms with Crippen LogP contribution in [-0.4, -0.2) is 10.4 Å². The molecule has 0 atom stereocenters. The molecule has 0 bridgehead atoms. The fraction of sp³-hybridized carbons (Fsp3) is 0.0909. The van der Waals surface area contributed by atoms with Crippen LogP contribution < -0.4 is 0 Å². The summed E-state index contributed by atoms with van der Waals surface area (Å²) in [6.07, 6.45) is -3.64. The molecule has 0 radical (unpaired) electrons. The zero-order chi connectivity index (χ0) is 13.3. The number of aromatic nitrogens is 1. The summed E-state index contributed by atoms with van der Waals surface area (Å²) in [5.41, 5.74) is -1.57. The van der Waals surface area contributed by atoms with E-state index in [1.807, 2.05) is 0 Å². The van der Waals surface area contributed by atoms with Gasteiger partial charge in [-0.2, -0.15) is 13.2 Å². The van der Waals surface area contributed by atoms with Gasteiger partial charge in [0.25, 0.3) is 5.24 Å². The second-order valence-electron chi connectivity index (χ2n) is 3.39. The van der Waals surface area contributed by atoms with Crippen molar-refractivity contribution in [2.24, 2.45) is 0 Å². The molecule has 0 saturated heterocycles. The van der Waals surface area contributed by atoms with E-state index in [1.165, 1.54) is 18.2 Å². The lowest BCUT2D eigenvalue weighted by Gasteiger charge is -2.10. The van der Waals surface area contributed by atoms with Crippen LogP contribution in [0.1, 0.15) is 15.9 Å². The largest absolute Gasteiger partial charge is 0.417 e. The number of hydrogen-bond acceptors (Lipinski definition) is 3. The number of nitrogens with zero attached hydrogens (tertiary/aromatic N) is 1. The van der Waals surface area contributed by atoms with Crippen molar-refractivity contribution in [1.29, 1.82) is 0 Å². The second kappa shape index (κ2) is 4.45. The molecule has 1 heterocycles. The van der Waals surface area contributed by atoms with Gasteiger partial charge in [-0.05, 0) is 17.7 Å². The number of halogens is 4. The molecule has 3 nitrogen and oxygen atoms in total. The number of alkyl halides is 3. The Morgan fingerprint density at radius 2 is 1.94 bits per heavy atom. The van der Waals surface area contributed by atoms with Gasteiger partial charge in [-0.25, -0.2) is 0 Å². The topological polar surface area (TPSA) is 43.1 Å². The predicted molar refractivity (Wildman–Crippen MR) is 57.1 cm³/mol. The number of carbonyl (C=O) groups is 1. The minimum Gasteiger partial charge on any atom is -0.363 e. The van der Waals surface area contributed by atoms with E-state index in [0.29, 0.717) is 0 Å². The van der Waals surface area contributed by atoms with Crippen LogP contribution in [0.3, 0.4) is 0 Å². The van der Waals surface area contributed by atoms with Gasteiger partial charge < -0.3 is 4.52 Å². The van der Waals surface area contributed by atoms with Crippen molar-refractivity contribution in [2.75, 3.05) is 0 Å². The summed E-state index contributed by atoms with van der Waals surface area (Å²) in [6.45, 7) is 0. The molecule has 0 aliphatic carbocycles. The van der Waals surface area contributed by atoms with Crippen molar-refractivity contribution in [3.63, 3.8) is 0 Å². The normalized spacial score (nSPS) is 11.6. The summed E-state index contributed by atoms with van der Waals surface area (Å²) in [7, 11) is 0. The fourth-order valence-corrected chi connectivity index (χ4v) is 1.64. The number of rotatable bonds is 2. The lowest BCUT2D eigenvalue weighted by Crippen LogP contribution is -2.07. The monoisotopic (exact) mass is 275 g/mol. The molecule has 2 rings (SSSR count). The Labute approximate surface area is 104 Å². The summed E-state index contributed by atoms with van der Waals surface area (Å²) in [5, 5.41) is 2.47. The molecule has 0 N–H and O–H groups in total. The highest BCUT2D eigenvalue weighted by Gasteiger charge is 2.35. The van der Waals surface area contributed by atoms with E-state index in [9.17, 15) is 18.0 Å². The van der Waals surface area contributed by atoms with Crippen molar-refractivity contribution in [1.82, 2.24) is 5.16 Å². The first-order chi connectivity index (χ1) is 8.41. The molecule has 18 heavy (non-hydrogen) atoms. The third-order valence-corrected chi connectivity index (χ3v) is 2.47. The van der Waals surface area contributed by atoms with Crippen molar-refractivity contribution in [3.8, 4) is 11.3 Å². The van der Waals surface area contributed by atoms with Crippen LogP contribution in [0.25, 0.3) is 11.3 Å². The van der Waals surface area contributed by atoms with Crippen LogP contribution in [0.15, 0.2) is 35.1 Å². The van der Waals surface area contributed by atoms with E-state index in [2.05, 4.69) is 9.68 Å². The Hall–Kier alpha value is -1.82. The molecule has 2 aromatic rings. The number of benzene rings is 1. The first-order valence-electron chi connectivity index (χ1n) is 4.72. The van der Waals surface area contributed by atoms with Gasteiger partial charge in [-0.3, -0.25) is 4.79 Å². The zero-order valence-corrected chi connectivity index (χ0v) is 9.42. The molecule has 0 spiro atoms. The van der Waals surface area contributed by atoms with Gasteiger partial charge in [0.1, 0.15) is 17.5 Å². The summed E-state index contributed by atoms with van der Waals surface area (Å²) in [6, 6.07) is 4.74. The summed E-state index contributed by atoms with van der Waals surface area (Å²) < 4.78 is 42.9. The van der Waals surface area contributed by atoms with Gasteiger partial charge in [-0.15, -0.1) is 0 Å². The Morgan fingerprint density at radius 1 is 1.28 bits per heavy atom. The number of hydrogen-bond donors (Lipinski definition) is 0. The Morgan fingerprint density at radius 3 is 2.56 bits per heavy atom. The lowest BCUT2D eigenvalue weighted by molar-refractivity contribution is -0.137. The third kappa shape index (κ3) is 2.24. The van der Waals surface area contributed by atoms with E-state index in [-0.39, 0.29) is 16.8 Å². The standard InChI is InChI=1S/C11H5ClF3NO2/c12-10(17)7-5-18-16-9(7)6-3-1-2-4-8(6)11(13,14)15/h1-5H. The van der Waals surface area contributed by atoms with Crippen LogP contribution in [0.5, 0.6) is 0 Å². The Kier molecular flexibility index (Phi) is 3.13. The Balaban J connectivity index is 2.65. The summed E-state index contributed by atoms with van der Waals surface area (Å²) in [4.78, 5) is 11.0. The van der Waals surface area contributed by atoms with Gasteiger partial charge >= 0.3 is 6.18 Å². The maximum atomic E-state index is 12.8. The van der Waals surface area contributed by atoms with Gasteiger partial charge in [-0.1, -0.05) is 23.4 Å². The van der Waals surface area contributed by atoms with E-state index in [4.69, 9.17) is 11.6 Å². The van der Waals surface area contributed by atoms with Crippen LogP contribution in [0.2, 0.25) is 0 Å². The molecular weight excluding hydrogens is 271 g/mol. The molecule has 94 valence electrons. The van der Waals surface area contributed by atoms with Crippen molar-refractivity contribution in [2.45, 2.75) is 6.18 Å². The van der Waals surface area contributed by atoms with Gasteiger partial charge in [0.05, 0.1) is 5.56 Å². The summed E-state index contributed by atoms with van der Waals surface area (Å²) >= 11 is 5.25. The molecule has 1 aromatic carbocycles. The van der Waals surface area contributed by atoms with E-state index in [1.54, 1.807) is 0 Å². The van der Waals surface area contributed by atoms with Crippen LogP contribution in [0.4, 0.5) is 13.2 Å². The average Bonchev–Trinajstić information content (AvgIpc) is 2.76. The average molecular weight is 276 g/mol. The quantitative estimate of drug-likeness (QED) is 0.784. The highest BCUT2D eigenvalue weighted by molar-refractivity contribution is 6.68. The van der Waals surface area contributed by atoms with E-state index < -0.39 is 17.0 Å². The van der Waals surface area contributed by atoms with Crippen LogP contribution in [-0.2, 0) is 6.18 Å². The molecule has 0 amide bonds. The molecule has 1 aromatic heterocycles. The van der Waals surface area contributed by atoms with Gasteiger partial charge in [0, 0.05) is 5.56 Å². The molecule has 0 fully saturated rings.